The molecule has 3 nitrogen and oxygen atoms in total. The van der Waals surface area contributed by atoms with Crippen molar-refractivity contribution < 1.29 is 8.83 Å². The van der Waals surface area contributed by atoms with Crippen LogP contribution >= 0.6 is 0 Å². The molecule has 3 heteroatoms. The molecular formula is C53H31NO2. The second-order valence-corrected chi connectivity index (χ2v) is 14.6. The predicted octanol–water partition coefficient (Wildman–Crippen LogP) is 14.9. The lowest BCUT2D eigenvalue weighted by Crippen LogP contribution is -1.99. The van der Waals surface area contributed by atoms with Crippen LogP contribution in [-0.2, 0) is 0 Å². The monoisotopic (exact) mass is 713 g/mol. The number of hydrogen-bond donors (Lipinski definition) is 0. The van der Waals surface area contributed by atoms with Crippen molar-refractivity contribution in [3.05, 3.63) is 188 Å². The minimum Gasteiger partial charge on any atom is -0.456 e. The Morgan fingerprint density at radius 1 is 0.286 bits per heavy atom. The fourth-order valence-corrected chi connectivity index (χ4v) is 8.96. The van der Waals surface area contributed by atoms with Crippen LogP contribution < -0.4 is 0 Å². The number of aromatic nitrogens is 1. The third kappa shape index (κ3) is 4.68. The maximum absolute atomic E-state index is 6.26. The van der Waals surface area contributed by atoms with Crippen LogP contribution in [0.3, 0.4) is 0 Å². The van der Waals surface area contributed by atoms with E-state index in [0.29, 0.717) is 5.71 Å². The molecule has 0 bridgehead atoms. The van der Waals surface area contributed by atoms with Crippen LogP contribution in [0.2, 0.25) is 0 Å². The van der Waals surface area contributed by atoms with Gasteiger partial charge in [0.1, 0.15) is 16.7 Å². The van der Waals surface area contributed by atoms with Crippen molar-refractivity contribution in [1.82, 2.24) is 4.98 Å². The van der Waals surface area contributed by atoms with E-state index in [9.17, 15) is 0 Å². The van der Waals surface area contributed by atoms with Gasteiger partial charge >= 0.3 is 0 Å². The van der Waals surface area contributed by atoms with Crippen LogP contribution in [-0.4, -0.2) is 4.98 Å². The molecule has 0 N–H and O–H groups in total. The molecule has 0 radical (unpaired) electrons. The van der Waals surface area contributed by atoms with Gasteiger partial charge in [-0.25, -0.2) is 4.98 Å². The Hall–Kier alpha value is -7.49. The van der Waals surface area contributed by atoms with Crippen molar-refractivity contribution >= 4 is 44.0 Å². The van der Waals surface area contributed by atoms with E-state index in [2.05, 4.69) is 169 Å². The van der Waals surface area contributed by atoms with Gasteiger partial charge in [-0.15, -0.1) is 0 Å². The molecule has 3 aromatic heterocycles. The summed E-state index contributed by atoms with van der Waals surface area (Å²) in [6.45, 7) is 0. The third-order valence-corrected chi connectivity index (χ3v) is 11.5. The van der Waals surface area contributed by atoms with Gasteiger partial charge in [-0.3, -0.25) is 0 Å². The van der Waals surface area contributed by atoms with Crippen molar-refractivity contribution in [2.24, 2.45) is 0 Å². The van der Waals surface area contributed by atoms with Crippen molar-refractivity contribution in [1.29, 1.82) is 0 Å². The molecule has 1 aliphatic rings. The van der Waals surface area contributed by atoms with Crippen LogP contribution in [0, 0.1) is 0 Å². The molecule has 56 heavy (non-hydrogen) atoms. The topological polar surface area (TPSA) is 39.2 Å². The summed E-state index contributed by atoms with van der Waals surface area (Å²) in [6.07, 6.45) is 1.78. The first-order valence-corrected chi connectivity index (χ1v) is 19.0. The zero-order chi connectivity index (χ0) is 36.7. The zero-order valence-electron chi connectivity index (χ0n) is 30.2. The average Bonchev–Trinajstić information content (AvgIpc) is 3.83. The molecule has 0 atom stereocenters. The number of fused-ring (bicyclic) bond motifs is 14. The molecule has 0 aliphatic heterocycles. The van der Waals surface area contributed by atoms with Crippen molar-refractivity contribution in [3.8, 4) is 77.9 Å². The molecule has 0 fully saturated rings. The number of furan rings is 2. The molecule has 0 saturated heterocycles. The number of benzene rings is 8. The Bertz CT molecular complexity index is 3240. The zero-order valence-corrected chi connectivity index (χ0v) is 30.2. The van der Waals surface area contributed by atoms with E-state index in [1.165, 1.54) is 50.1 Å². The van der Waals surface area contributed by atoms with Gasteiger partial charge in [-0.2, -0.15) is 0 Å². The van der Waals surface area contributed by atoms with Gasteiger partial charge in [0.25, 0.3) is 0 Å². The molecule has 11 aromatic rings. The van der Waals surface area contributed by atoms with Crippen molar-refractivity contribution in [2.75, 3.05) is 0 Å². The van der Waals surface area contributed by atoms with Crippen LogP contribution in [0.1, 0.15) is 0 Å². The molecule has 8 aromatic carbocycles. The Balaban J connectivity index is 1.15. The molecule has 12 rings (SSSR count). The fraction of sp³-hybridized carbons (Fsp3) is 0. The second-order valence-electron chi connectivity index (χ2n) is 14.6. The summed E-state index contributed by atoms with van der Waals surface area (Å²) in [6, 6.07) is 65.8. The lowest BCUT2D eigenvalue weighted by Gasteiger charge is -2.25. The molecule has 0 spiro atoms. The Morgan fingerprint density at radius 3 is 1.46 bits per heavy atom. The van der Waals surface area contributed by atoms with E-state index >= 15 is 0 Å². The molecule has 3 heterocycles. The number of nitrogens with zero attached hydrogens (tertiary/aromatic N) is 1. The minimum atomic E-state index is 0.651. The van der Waals surface area contributed by atoms with E-state index < -0.39 is 0 Å². The fourth-order valence-electron chi connectivity index (χ4n) is 8.96. The number of pyridine rings is 1. The van der Waals surface area contributed by atoms with Crippen molar-refractivity contribution in [2.45, 2.75) is 0 Å². The largest absolute Gasteiger partial charge is 0.456 e. The summed E-state index contributed by atoms with van der Waals surface area (Å²) in [7, 11) is 0. The standard InChI is InChI=1S/C53H31NO2/c1-2-12-39-38(11-1)40-13-3-4-14-42(40)45-19-9-18-37(52(45)44-17-6-5-15-41(39)44)36-28-34(32-22-24-50-47(30-32)43-16-7-8-21-49(43)55-50)27-35(29-36)33-23-25-51-48(31-33)46-20-10-26-54-53(46)56-51/h1-31H. The Morgan fingerprint density at radius 2 is 0.768 bits per heavy atom. The summed E-state index contributed by atoms with van der Waals surface area (Å²) < 4.78 is 12.4. The van der Waals surface area contributed by atoms with Crippen LogP contribution in [0.5, 0.6) is 0 Å². The lowest BCUT2D eigenvalue weighted by molar-refractivity contribution is 0.654. The molecule has 0 saturated carbocycles. The third-order valence-electron chi connectivity index (χ3n) is 11.5. The molecule has 0 amide bonds. The number of para-hydroxylation sites is 1. The van der Waals surface area contributed by atoms with E-state index in [4.69, 9.17) is 8.83 Å². The SMILES string of the molecule is c1ccc2c(c1)-c1ccccc1-c1cccc(-c3cc(-c4ccc5oc6ccccc6c5c4)cc(-c4ccc5oc6ncccc6c5c4)c3)c1-c1ccccc1-2. The number of hydrogen-bond acceptors (Lipinski definition) is 3. The molecule has 1 aliphatic carbocycles. The van der Waals surface area contributed by atoms with E-state index in [0.717, 1.165) is 66.1 Å². The summed E-state index contributed by atoms with van der Waals surface area (Å²) in [4.78, 5) is 4.50. The molecule has 260 valence electrons. The normalized spacial score (nSPS) is 11.9. The van der Waals surface area contributed by atoms with Crippen LogP contribution in [0.4, 0.5) is 0 Å². The quantitative estimate of drug-likeness (QED) is 0.183. The van der Waals surface area contributed by atoms with Gasteiger partial charge < -0.3 is 8.83 Å². The Kier molecular flexibility index (Phi) is 6.63. The van der Waals surface area contributed by atoms with Gasteiger partial charge in [0.15, 0.2) is 0 Å². The number of rotatable bonds is 3. The summed E-state index contributed by atoms with van der Waals surface area (Å²) >= 11 is 0. The van der Waals surface area contributed by atoms with Gasteiger partial charge in [0.2, 0.25) is 5.71 Å². The average molecular weight is 714 g/mol. The molecule has 0 unspecified atom stereocenters. The first kappa shape index (κ1) is 30.9. The van der Waals surface area contributed by atoms with E-state index in [1.54, 1.807) is 6.20 Å². The highest BCUT2D eigenvalue weighted by Crippen LogP contribution is 2.51. The lowest BCUT2D eigenvalue weighted by atomic mass is 9.78. The summed E-state index contributed by atoms with van der Waals surface area (Å²) in [5.74, 6) is 0. The highest BCUT2D eigenvalue weighted by Gasteiger charge is 2.24. The minimum absolute atomic E-state index is 0.651. The first-order chi connectivity index (χ1) is 27.7. The maximum Gasteiger partial charge on any atom is 0.227 e. The van der Waals surface area contributed by atoms with Gasteiger partial charge in [-0.1, -0.05) is 121 Å². The van der Waals surface area contributed by atoms with E-state index in [-0.39, 0.29) is 0 Å². The maximum atomic E-state index is 6.26. The van der Waals surface area contributed by atoms with Crippen molar-refractivity contribution in [3.63, 3.8) is 0 Å². The highest BCUT2D eigenvalue weighted by atomic mass is 16.3. The van der Waals surface area contributed by atoms with E-state index in [1.807, 2.05) is 18.2 Å². The van der Waals surface area contributed by atoms with Gasteiger partial charge in [0.05, 0.1) is 0 Å². The molecular weight excluding hydrogens is 683 g/mol. The van der Waals surface area contributed by atoms with Crippen LogP contribution in [0.15, 0.2) is 197 Å². The Labute approximate surface area is 322 Å². The predicted molar refractivity (Wildman–Crippen MR) is 230 cm³/mol. The smallest absolute Gasteiger partial charge is 0.227 e. The summed E-state index contributed by atoms with van der Waals surface area (Å²) in [5.41, 5.74) is 19.9. The first-order valence-electron chi connectivity index (χ1n) is 19.0. The highest BCUT2D eigenvalue weighted by molar-refractivity contribution is 6.09. The van der Waals surface area contributed by atoms with Gasteiger partial charge in [0, 0.05) is 27.7 Å². The second kappa shape index (κ2) is 12.0. The summed E-state index contributed by atoms with van der Waals surface area (Å²) in [5, 5.41) is 4.29. The van der Waals surface area contributed by atoms with Crippen LogP contribution in [0.25, 0.3) is 122 Å². The van der Waals surface area contributed by atoms with Gasteiger partial charge in [-0.05, 0) is 139 Å².